The van der Waals surface area contributed by atoms with Crippen LogP contribution in [0.3, 0.4) is 0 Å². The van der Waals surface area contributed by atoms with Crippen LogP contribution in [0, 0.1) is 5.92 Å². The lowest BCUT2D eigenvalue weighted by Crippen LogP contribution is -2.51. The zero-order valence-electron chi connectivity index (χ0n) is 10.9. The van der Waals surface area contributed by atoms with E-state index in [1.54, 1.807) is 0 Å². The molecule has 4 heteroatoms. The molecule has 0 amide bonds. The molecule has 1 atom stereocenters. The highest BCUT2D eigenvalue weighted by Crippen LogP contribution is 2.24. The van der Waals surface area contributed by atoms with Crippen LogP contribution in [0.5, 0.6) is 0 Å². The van der Waals surface area contributed by atoms with Crippen molar-refractivity contribution in [2.45, 2.75) is 38.6 Å². The maximum Gasteiger partial charge on any atom is 0.0768 e. The van der Waals surface area contributed by atoms with Gasteiger partial charge in [-0.1, -0.05) is 32.0 Å². The van der Waals surface area contributed by atoms with Crippen molar-refractivity contribution in [3.05, 3.63) is 0 Å². The van der Waals surface area contributed by atoms with Gasteiger partial charge in [-0.05, 0) is 12.8 Å². The van der Waals surface area contributed by atoms with Crippen molar-refractivity contribution < 1.29 is 0 Å². The van der Waals surface area contributed by atoms with Crippen molar-refractivity contribution in [3.8, 4) is 0 Å². The highest BCUT2D eigenvalue weighted by atomic mass is 32.1. The fourth-order valence-electron chi connectivity index (χ4n) is 3.06. The Morgan fingerprint density at radius 2 is 1.82 bits per heavy atom. The molecule has 17 heavy (non-hydrogen) atoms. The van der Waals surface area contributed by atoms with Crippen LogP contribution in [0.2, 0.25) is 0 Å². The number of rotatable bonds is 4. The van der Waals surface area contributed by atoms with Gasteiger partial charge in [0.2, 0.25) is 0 Å². The SMILES string of the molecule is CC(CN1CCN(C2CCCC2)CC1)C(N)=S. The molecule has 1 aliphatic carbocycles. The number of nitrogens with two attached hydrogens (primary N) is 1. The predicted molar refractivity (Wildman–Crippen MR) is 76.2 cm³/mol. The summed E-state index contributed by atoms with van der Waals surface area (Å²) in [6, 6.07) is 0.880. The zero-order chi connectivity index (χ0) is 12.3. The minimum atomic E-state index is 0.350. The second kappa shape index (κ2) is 6.12. The summed E-state index contributed by atoms with van der Waals surface area (Å²) in [5, 5.41) is 0. The summed E-state index contributed by atoms with van der Waals surface area (Å²) < 4.78 is 0. The molecular formula is C13H25N3S. The van der Waals surface area contributed by atoms with Gasteiger partial charge in [0.1, 0.15) is 0 Å². The molecule has 0 aromatic rings. The molecule has 98 valence electrons. The summed E-state index contributed by atoms with van der Waals surface area (Å²) in [5.41, 5.74) is 5.67. The van der Waals surface area contributed by atoms with Gasteiger partial charge in [0.25, 0.3) is 0 Å². The Labute approximate surface area is 110 Å². The second-order valence-electron chi connectivity index (χ2n) is 5.58. The van der Waals surface area contributed by atoms with Gasteiger partial charge in [-0.3, -0.25) is 4.90 Å². The van der Waals surface area contributed by atoms with E-state index in [1.165, 1.54) is 51.9 Å². The van der Waals surface area contributed by atoms with Crippen molar-refractivity contribution in [1.82, 2.24) is 9.80 Å². The largest absolute Gasteiger partial charge is 0.393 e. The lowest BCUT2D eigenvalue weighted by Gasteiger charge is -2.38. The van der Waals surface area contributed by atoms with Gasteiger partial charge in [-0.25, -0.2) is 0 Å². The first-order valence-corrected chi connectivity index (χ1v) is 7.33. The van der Waals surface area contributed by atoms with Gasteiger partial charge in [0, 0.05) is 44.7 Å². The maximum absolute atomic E-state index is 5.67. The Morgan fingerprint density at radius 3 is 2.35 bits per heavy atom. The molecule has 1 aliphatic heterocycles. The first-order chi connectivity index (χ1) is 8.16. The van der Waals surface area contributed by atoms with Gasteiger partial charge in [0.15, 0.2) is 0 Å². The summed E-state index contributed by atoms with van der Waals surface area (Å²) >= 11 is 5.04. The van der Waals surface area contributed by atoms with Crippen LogP contribution < -0.4 is 5.73 Å². The number of thiocarbonyl (C=S) groups is 1. The molecule has 0 bridgehead atoms. The summed E-state index contributed by atoms with van der Waals surface area (Å²) in [5.74, 6) is 0.350. The van der Waals surface area contributed by atoms with E-state index in [0.717, 1.165) is 12.6 Å². The van der Waals surface area contributed by atoms with Crippen LogP contribution in [-0.2, 0) is 0 Å². The molecule has 0 spiro atoms. The van der Waals surface area contributed by atoms with E-state index in [1.807, 2.05) is 0 Å². The summed E-state index contributed by atoms with van der Waals surface area (Å²) in [4.78, 5) is 5.85. The molecule has 0 aromatic carbocycles. The third kappa shape index (κ3) is 3.63. The molecule has 2 N–H and O–H groups in total. The van der Waals surface area contributed by atoms with Gasteiger partial charge < -0.3 is 10.6 Å². The van der Waals surface area contributed by atoms with Crippen LogP contribution in [0.4, 0.5) is 0 Å². The topological polar surface area (TPSA) is 32.5 Å². The smallest absolute Gasteiger partial charge is 0.0768 e. The Morgan fingerprint density at radius 1 is 1.24 bits per heavy atom. The van der Waals surface area contributed by atoms with Crippen molar-refractivity contribution in [2.75, 3.05) is 32.7 Å². The quantitative estimate of drug-likeness (QED) is 0.771. The van der Waals surface area contributed by atoms with E-state index in [9.17, 15) is 0 Å². The average Bonchev–Trinajstić information content (AvgIpc) is 2.83. The van der Waals surface area contributed by atoms with Crippen LogP contribution in [0.25, 0.3) is 0 Å². The molecule has 3 nitrogen and oxygen atoms in total. The van der Waals surface area contributed by atoms with E-state index in [2.05, 4.69) is 16.7 Å². The lowest BCUT2D eigenvalue weighted by molar-refractivity contribution is 0.0942. The third-order valence-corrected chi connectivity index (χ3v) is 4.67. The first-order valence-electron chi connectivity index (χ1n) is 6.92. The van der Waals surface area contributed by atoms with Gasteiger partial charge in [-0.2, -0.15) is 0 Å². The van der Waals surface area contributed by atoms with Crippen molar-refractivity contribution >= 4 is 17.2 Å². The second-order valence-corrected chi connectivity index (χ2v) is 6.05. The Balaban J connectivity index is 1.72. The highest BCUT2D eigenvalue weighted by Gasteiger charge is 2.26. The fraction of sp³-hybridized carbons (Fsp3) is 0.923. The minimum absolute atomic E-state index is 0.350. The fourth-order valence-corrected chi connectivity index (χ4v) is 3.13. The molecule has 1 saturated carbocycles. The number of hydrogen-bond acceptors (Lipinski definition) is 3. The standard InChI is InChI=1S/C13H25N3S/c1-11(13(14)17)10-15-6-8-16(9-7-15)12-4-2-3-5-12/h11-12H,2-10H2,1H3,(H2,14,17). The Hall–Kier alpha value is -0.190. The van der Waals surface area contributed by atoms with E-state index in [4.69, 9.17) is 18.0 Å². The zero-order valence-corrected chi connectivity index (χ0v) is 11.7. The van der Waals surface area contributed by atoms with Crippen LogP contribution in [0.1, 0.15) is 32.6 Å². The number of hydrogen-bond donors (Lipinski definition) is 1. The molecule has 1 heterocycles. The van der Waals surface area contributed by atoms with Crippen LogP contribution in [-0.4, -0.2) is 53.6 Å². The van der Waals surface area contributed by atoms with E-state index < -0.39 is 0 Å². The summed E-state index contributed by atoms with van der Waals surface area (Å²) in [6.07, 6.45) is 5.71. The molecular weight excluding hydrogens is 230 g/mol. The van der Waals surface area contributed by atoms with Gasteiger partial charge >= 0.3 is 0 Å². The molecule has 1 saturated heterocycles. The van der Waals surface area contributed by atoms with E-state index >= 15 is 0 Å². The number of piperazine rings is 1. The van der Waals surface area contributed by atoms with Crippen LogP contribution in [0.15, 0.2) is 0 Å². The highest BCUT2D eigenvalue weighted by molar-refractivity contribution is 7.80. The van der Waals surface area contributed by atoms with Crippen molar-refractivity contribution in [3.63, 3.8) is 0 Å². The van der Waals surface area contributed by atoms with E-state index in [0.29, 0.717) is 10.9 Å². The summed E-state index contributed by atoms with van der Waals surface area (Å²) in [7, 11) is 0. The molecule has 1 unspecified atom stereocenters. The van der Waals surface area contributed by atoms with Gasteiger partial charge in [0.05, 0.1) is 4.99 Å². The van der Waals surface area contributed by atoms with Crippen molar-refractivity contribution in [1.29, 1.82) is 0 Å². The van der Waals surface area contributed by atoms with Crippen LogP contribution >= 0.6 is 12.2 Å². The normalized spacial score (nSPS) is 26.2. The molecule has 2 aliphatic rings. The van der Waals surface area contributed by atoms with E-state index in [-0.39, 0.29) is 0 Å². The lowest BCUT2D eigenvalue weighted by atomic mass is 10.1. The van der Waals surface area contributed by atoms with Crippen molar-refractivity contribution in [2.24, 2.45) is 11.7 Å². The molecule has 0 radical (unpaired) electrons. The summed E-state index contributed by atoms with van der Waals surface area (Å²) in [6.45, 7) is 8.00. The third-order valence-electron chi connectivity index (χ3n) is 4.27. The maximum atomic E-state index is 5.67. The Kier molecular flexibility index (Phi) is 4.77. The average molecular weight is 255 g/mol. The van der Waals surface area contributed by atoms with Gasteiger partial charge in [-0.15, -0.1) is 0 Å². The monoisotopic (exact) mass is 255 g/mol. The number of nitrogens with zero attached hydrogens (tertiary/aromatic N) is 2. The molecule has 0 aromatic heterocycles. The Bertz CT molecular complexity index is 255. The molecule has 2 fully saturated rings. The predicted octanol–water partition coefficient (Wildman–Crippen LogP) is 1.47. The molecule has 2 rings (SSSR count). The first kappa shape index (κ1) is 13.2. The minimum Gasteiger partial charge on any atom is -0.393 e.